The fourth-order valence-electron chi connectivity index (χ4n) is 2.26. The van der Waals surface area contributed by atoms with Gasteiger partial charge in [-0.2, -0.15) is 0 Å². The van der Waals surface area contributed by atoms with Crippen LogP contribution < -0.4 is 0 Å². The maximum absolute atomic E-state index is 11.6. The molecule has 0 saturated carbocycles. The summed E-state index contributed by atoms with van der Waals surface area (Å²) in [5.74, 6) is -0.0893. The Labute approximate surface area is 102 Å². The van der Waals surface area contributed by atoms with Crippen LogP contribution in [0.5, 0.6) is 0 Å². The molecule has 1 aromatic rings. The van der Waals surface area contributed by atoms with Crippen molar-refractivity contribution in [1.82, 2.24) is 4.90 Å². The molecule has 1 aromatic carbocycles. The molecule has 1 heterocycles. The monoisotopic (exact) mass is 233 g/mol. The number of hydrogen-bond donors (Lipinski definition) is 0. The zero-order valence-corrected chi connectivity index (χ0v) is 10.6. The third-order valence-corrected chi connectivity index (χ3v) is 3.36. The van der Waals surface area contributed by atoms with E-state index in [1.165, 1.54) is 11.1 Å². The molecule has 0 aliphatic carbocycles. The van der Waals surface area contributed by atoms with E-state index >= 15 is 0 Å². The van der Waals surface area contributed by atoms with Crippen molar-refractivity contribution in [2.45, 2.75) is 39.0 Å². The molecule has 0 unspecified atom stereocenters. The lowest BCUT2D eigenvalue weighted by atomic mass is 10.1. The fraction of sp³-hybridized carbons (Fsp3) is 0.500. The van der Waals surface area contributed by atoms with Crippen molar-refractivity contribution in [3.63, 3.8) is 0 Å². The third-order valence-electron chi connectivity index (χ3n) is 3.36. The number of ether oxygens (including phenoxy) is 1. The van der Waals surface area contributed by atoms with Gasteiger partial charge < -0.3 is 4.74 Å². The molecule has 2 atom stereocenters. The van der Waals surface area contributed by atoms with Crippen molar-refractivity contribution < 1.29 is 9.53 Å². The summed E-state index contributed by atoms with van der Waals surface area (Å²) in [5, 5.41) is 0. The minimum Gasteiger partial charge on any atom is -0.461 e. The van der Waals surface area contributed by atoms with Crippen LogP contribution in [-0.2, 0) is 16.1 Å². The van der Waals surface area contributed by atoms with Gasteiger partial charge in [-0.05, 0) is 32.0 Å². The molecule has 17 heavy (non-hydrogen) atoms. The van der Waals surface area contributed by atoms with E-state index in [1.807, 2.05) is 26.1 Å². The molecule has 1 aliphatic rings. The van der Waals surface area contributed by atoms with Crippen LogP contribution in [0.15, 0.2) is 24.3 Å². The Bertz CT molecular complexity index is 416. The van der Waals surface area contributed by atoms with E-state index in [2.05, 4.69) is 24.0 Å². The Hall–Kier alpha value is -1.35. The molecule has 1 aliphatic heterocycles. The van der Waals surface area contributed by atoms with E-state index in [-0.39, 0.29) is 18.1 Å². The number of hydrogen-bond acceptors (Lipinski definition) is 3. The number of likely N-dealkylation sites (N-methyl/N-ethyl adjacent to an activating group) is 1. The number of esters is 1. The Morgan fingerprint density at radius 2 is 2.12 bits per heavy atom. The standard InChI is InChI=1S/C14H19NO2/c1-10-6-4-5-7-12(10)9-15(3)13-8-11(2)17-14(13)16/h4-7,11,13H,8-9H2,1-3H3/t11-,13+/m1/s1. The highest BCUT2D eigenvalue weighted by molar-refractivity contribution is 5.77. The lowest BCUT2D eigenvalue weighted by Crippen LogP contribution is -2.34. The number of carbonyl (C=O) groups is 1. The van der Waals surface area contributed by atoms with Crippen LogP contribution in [0, 0.1) is 6.92 Å². The van der Waals surface area contributed by atoms with Crippen LogP contribution in [0.25, 0.3) is 0 Å². The predicted molar refractivity (Wildman–Crippen MR) is 66.6 cm³/mol. The molecular formula is C14H19NO2. The molecule has 0 radical (unpaired) electrons. The number of nitrogens with zero attached hydrogens (tertiary/aromatic N) is 1. The highest BCUT2D eigenvalue weighted by Crippen LogP contribution is 2.21. The van der Waals surface area contributed by atoms with Gasteiger partial charge in [0.25, 0.3) is 0 Å². The average molecular weight is 233 g/mol. The molecule has 0 N–H and O–H groups in total. The van der Waals surface area contributed by atoms with Crippen molar-refractivity contribution in [1.29, 1.82) is 0 Å². The number of aryl methyl sites for hydroxylation is 1. The van der Waals surface area contributed by atoms with Gasteiger partial charge in [-0.3, -0.25) is 9.69 Å². The van der Waals surface area contributed by atoms with Gasteiger partial charge in [-0.15, -0.1) is 0 Å². The Kier molecular flexibility index (Phi) is 3.48. The van der Waals surface area contributed by atoms with E-state index in [9.17, 15) is 4.79 Å². The average Bonchev–Trinajstić information content (AvgIpc) is 2.61. The molecule has 0 bridgehead atoms. The number of cyclic esters (lactones) is 1. The molecule has 2 rings (SSSR count). The van der Waals surface area contributed by atoms with Crippen LogP contribution in [0.1, 0.15) is 24.5 Å². The summed E-state index contributed by atoms with van der Waals surface area (Å²) in [6, 6.07) is 8.18. The highest BCUT2D eigenvalue weighted by atomic mass is 16.6. The van der Waals surface area contributed by atoms with Crippen LogP contribution in [-0.4, -0.2) is 30.1 Å². The van der Waals surface area contributed by atoms with E-state index in [0.29, 0.717) is 0 Å². The van der Waals surface area contributed by atoms with Crippen molar-refractivity contribution in [2.75, 3.05) is 7.05 Å². The molecule has 0 amide bonds. The van der Waals surface area contributed by atoms with E-state index in [0.717, 1.165) is 13.0 Å². The Morgan fingerprint density at radius 1 is 1.41 bits per heavy atom. The van der Waals surface area contributed by atoms with Crippen LogP contribution in [0.3, 0.4) is 0 Å². The Morgan fingerprint density at radius 3 is 2.71 bits per heavy atom. The molecule has 0 spiro atoms. The molecule has 1 fully saturated rings. The fourth-order valence-corrected chi connectivity index (χ4v) is 2.26. The summed E-state index contributed by atoms with van der Waals surface area (Å²) >= 11 is 0. The normalized spacial score (nSPS) is 24.1. The third kappa shape index (κ3) is 2.67. The zero-order valence-electron chi connectivity index (χ0n) is 10.6. The first kappa shape index (κ1) is 12.1. The molecule has 92 valence electrons. The number of rotatable bonds is 3. The zero-order chi connectivity index (χ0) is 12.4. The SMILES string of the molecule is Cc1ccccc1CN(C)[C@H]1C[C@@H](C)OC1=O. The topological polar surface area (TPSA) is 29.5 Å². The molecule has 3 heteroatoms. The molecule has 1 saturated heterocycles. The van der Waals surface area contributed by atoms with Crippen molar-refractivity contribution in [3.05, 3.63) is 35.4 Å². The van der Waals surface area contributed by atoms with Gasteiger partial charge >= 0.3 is 5.97 Å². The molecule has 3 nitrogen and oxygen atoms in total. The smallest absolute Gasteiger partial charge is 0.323 e. The van der Waals surface area contributed by atoms with Crippen molar-refractivity contribution in [3.8, 4) is 0 Å². The summed E-state index contributed by atoms with van der Waals surface area (Å²) < 4.78 is 5.18. The van der Waals surface area contributed by atoms with Crippen LogP contribution >= 0.6 is 0 Å². The van der Waals surface area contributed by atoms with Gasteiger partial charge in [-0.25, -0.2) is 0 Å². The second-order valence-corrected chi connectivity index (χ2v) is 4.84. The maximum atomic E-state index is 11.6. The molecule has 0 aromatic heterocycles. The van der Waals surface area contributed by atoms with Gasteiger partial charge in [0, 0.05) is 13.0 Å². The minimum absolute atomic E-state index is 0.0480. The summed E-state index contributed by atoms with van der Waals surface area (Å²) in [4.78, 5) is 13.7. The Balaban J connectivity index is 2.05. The van der Waals surface area contributed by atoms with Gasteiger partial charge in [-0.1, -0.05) is 24.3 Å². The highest BCUT2D eigenvalue weighted by Gasteiger charge is 2.34. The van der Waals surface area contributed by atoms with Crippen LogP contribution in [0.4, 0.5) is 0 Å². The van der Waals surface area contributed by atoms with E-state index in [1.54, 1.807) is 0 Å². The number of carbonyl (C=O) groups excluding carboxylic acids is 1. The minimum atomic E-state index is -0.0930. The van der Waals surface area contributed by atoms with Crippen LogP contribution in [0.2, 0.25) is 0 Å². The summed E-state index contributed by atoms with van der Waals surface area (Å²) in [5.41, 5.74) is 2.53. The largest absolute Gasteiger partial charge is 0.461 e. The quantitative estimate of drug-likeness (QED) is 0.749. The van der Waals surface area contributed by atoms with Crippen molar-refractivity contribution in [2.24, 2.45) is 0 Å². The first-order chi connectivity index (χ1) is 8.08. The van der Waals surface area contributed by atoms with Gasteiger partial charge in [0.1, 0.15) is 12.1 Å². The van der Waals surface area contributed by atoms with Gasteiger partial charge in [0.2, 0.25) is 0 Å². The first-order valence-corrected chi connectivity index (χ1v) is 6.03. The summed E-state index contributed by atoms with van der Waals surface area (Å²) in [6.45, 7) is 4.83. The molecular weight excluding hydrogens is 214 g/mol. The number of benzene rings is 1. The second-order valence-electron chi connectivity index (χ2n) is 4.84. The summed E-state index contributed by atoms with van der Waals surface area (Å²) in [6.07, 6.45) is 0.841. The van der Waals surface area contributed by atoms with E-state index < -0.39 is 0 Å². The summed E-state index contributed by atoms with van der Waals surface area (Å²) in [7, 11) is 1.98. The maximum Gasteiger partial charge on any atom is 0.323 e. The lowest BCUT2D eigenvalue weighted by molar-refractivity contribution is -0.144. The first-order valence-electron chi connectivity index (χ1n) is 6.03. The van der Waals surface area contributed by atoms with E-state index in [4.69, 9.17) is 4.74 Å². The van der Waals surface area contributed by atoms with Gasteiger partial charge in [0.05, 0.1) is 0 Å². The predicted octanol–water partition coefficient (Wildman–Crippen LogP) is 2.13. The van der Waals surface area contributed by atoms with Gasteiger partial charge in [0.15, 0.2) is 0 Å². The lowest BCUT2D eigenvalue weighted by Gasteiger charge is -2.21. The second kappa shape index (κ2) is 4.88. The van der Waals surface area contributed by atoms with Crippen molar-refractivity contribution >= 4 is 5.97 Å².